The van der Waals surface area contributed by atoms with Crippen LogP contribution in [0.4, 0.5) is 0 Å². The zero-order valence-electron chi connectivity index (χ0n) is 11.9. The zero-order valence-corrected chi connectivity index (χ0v) is 11.9. The first-order valence-corrected chi connectivity index (χ1v) is 6.25. The molecule has 0 atom stereocenters. The van der Waals surface area contributed by atoms with E-state index in [0.29, 0.717) is 29.3 Å². The van der Waals surface area contributed by atoms with Crippen LogP contribution in [0.3, 0.4) is 0 Å². The van der Waals surface area contributed by atoms with Crippen LogP contribution in [-0.2, 0) is 6.54 Å². The van der Waals surface area contributed by atoms with Crippen LogP contribution in [0.15, 0.2) is 36.9 Å². The van der Waals surface area contributed by atoms with Crippen LogP contribution < -0.4 is 9.47 Å². The van der Waals surface area contributed by atoms with E-state index in [9.17, 15) is 9.90 Å². The third-order valence-corrected chi connectivity index (χ3v) is 2.99. The van der Waals surface area contributed by atoms with Gasteiger partial charge in [0.05, 0.1) is 26.5 Å². The average molecular weight is 288 g/mol. The molecular weight excluding hydrogens is 272 g/mol. The van der Waals surface area contributed by atoms with Crippen molar-refractivity contribution in [3.05, 3.63) is 42.6 Å². The maximum absolute atomic E-state index is 11.2. The average Bonchev–Trinajstić information content (AvgIpc) is 2.91. The van der Waals surface area contributed by atoms with Gasteiger partial charge in [0.15, 0.2) is 0 Å². The van der Waals surface area contributed by atoms with E-state index in [1.54, 1.807) is 31.4 Å². The Morgan fingerprint density at radius 3 is 2.71 bits per heavy atom. The number of methoxy groups -OCH3 is 2. The molecule has 1 aromatic carbocycles. The van der Waals surface area contributed by atoms with E-state index in [1.165, 1.54) is 17.9 Å². The van der Waals surface area contributed by atoms with E-state index in [-0.39, 0.29) is 5.69 Å². The predicted octanol–water partition coefficient (Wildman–Crippen LogP) is 2.45. The molecule has 0 aliphatic carbocycles. The molecule has 0 spiro atoms. The number of carboxylic acid groups (broad SMARTS) is 1. The molecule has 0 aliphatic rings. The molecule has 1 N–H and O–H groups in total. The van der Waals surface area contributed by atoms with Crippen LogP contribution in [0.25, 0.3) is 11.3 Å². The third kappa shape index (κ3) is 2.89. The molecule has 6 nitrogen and oxygen atoms in total. The molecular formula is C15H16N2O4. The lowest BCUT2D eigenvalue weighted by Gasteiger charge is -2.08. The molecule has 21 heavy (non-hydrogen) atoms. The van der Waals surface area contributed by atoms with E-state index in [2.05, 4.69) is 11.7 Å². The topological polar surface area (TPSA) is 73.6 Å². The Kier molecular flexibility index (Phi) is 4.27. The normalized spacial score (nSPS) is 10.2. The number of ether oxygens (including phenoxy) is 2. The molecule has 2 aromatic rings. The van der Waals surface area contributed by atoms with Crippen molar-refractivity contribution in [3.63, 3.8) is 0 Å². The molecule has 1 aromatic heterocycles. The fourth-order valence-corrected chi connectivity index (χ4v) is 1.99. The molecule has 0 saturated heterocycles. The Labute approximate surface area is 122 Å². The molecule has 0 unspecified atom stereocenters. The van der Waals surface area contributed by atoms with Gasteiger partial charge in [0.1, 0.15) is 17.2 Å². The minimum atomic E-state index is -1.04. The van der Waals surface area contributed by atoms with Crippen molar-refractivity contribution < 1.29 is 19.4 Å². The second-order valence-electron chi connectivity index (χ2n) is 4.26. The van der Waals surface area contributed by atoms with Gasteiger partial charge in [-0.15, -0.1) is 6.58 Å². The SMILES string of the molecule is C=CCn1nc(-c2ccc(OC)cc2OC)cc1C(=O)O. The van der Waals surface area contributed by atoms with Crippen LogP contribution in [-0.4, -0.2) is 35.1 Å². The Morgan fingerprint density at radius 1 is 1.38 bits per heavy atom. The highest BCUT2D eigenvalue weighted by molar-refractivity contribution is 5.87. The summed E-state index contributed by atoms with van der Waals surface area (Å²) in [6, 6.07) is 6.78. The lowest BCUT2D eigenvalue weighted by molar-refractivity contribution is 0.0684. The van der Waals surface area contributed by atoms with Crippen molar-refractivity contribution in [2.45, 2.75) is 6.54 Å². The summed E-state index contributed by atoms with van der Waals surface area (Å²) in [4.78, 5) is 11.2. The van der Waals surface area contributed by atoms with Crippen LogP contribution in [0.1, 0.15) is 10.5 Å². The first kappa shape index (κ1) is 14.6. The largest absolute Gasteiger partial charge is 0.497 e. The highest BCUT2D eigenvalue weighted by Crippen LogP contribution is 2.32. The maximum Gasteiger partial charge on any atom is 0.354 e. The standard InChI is InChI=1S/C15H16N2O4/c1-4-7-17-13(15(18)19)9-12(16-17)11-6-5-10(20-2)8-14(11)21-3/h4-6,8-9H,1,7H2,2-3H3,(H,18,19). The summed E-state index contributed by atoms with van der Waals surface area (Å²) < 4.78 is 11.8. The molecule has 0 radical (unpaired) electrons. The van der Waals surface area contributed by atoms with Crippen LogP contribution in [0.5, 0.6) is 11.5 Å². The molecule has 0 bridgehead atoms. The number of carboxylic acids is 1. The highest BCUT2D eigenvalue weighted by Gasteiger charge is 2.17. The summed E-state index contributed by atoms with van der Waals surface area (Å²) in [7, 11) is 3.10. The van der Waals surface area contributed by atoms with Gasteiger partial charge in [-0.3, -0.25) is 4.68 Å². The molecule has 1 heterocycles. The lowest BCUT2D eigenvalue weighted by atomic mass is 10.1. The van der Waals surface area contributed by atoms with E-state index < -0.39 is 5.97 Å². The third-order valence-electron chi connectivity index (χ3n) is 2.99. The summed E-state index contributed by atoms with van der Waals surface area (Å²) in [5, 5.41) is 13.5. The number of aromatic carboxylic acids is 1. The van der Waals surface area contributed by atoms with Gasteiger partial charge in [0.2, 0.25) is 0 Å². The summed E-state index contributed by atoms with van der Waals surface area (Å²) >= 11 is 0. The van der Waals surface area contributed by atoms with Gasteiger partial charge in [-0.05, 0) is 18.2 Å². The second-order valence-corrected chi connectivity index (χ2v) is 4.26. The van der Waals surface area contributed by atoms with Gasteiger partial charge in [-0.2, -0.15) is 5.10 Å². The van der Waals surface area contributed by atoms with E-state index in [0.717, 1.165) is 0 Å². The van der Waals surface area contributed by atoms with E-state index in [1.807, 2.05) is 0 Å². The number of nitrogens with zero attached hydrogens (tertiary/aromatic N) is 2. The summed E-state index contributed by atoms with van der Waals surface area (Å²) in [5.41, 5.74) is 1.32. The number of rotatable bonds is 6. The molecule has 6 heteroatoms. The quantitative estimate of drug-likeness (QED) is 0.826. The van der Waals surface area contributed by atoms with Gasteiger partial charge < -0.3 is 14.6 Å². The van der Waals surface area contributed by atoms with Gasteiger partial charge in [0.25, 0.3) is 0 Å². The number of hydrogen-bond acceptors (Lipinski definition) is 4. The van der Waals surface area contributed by atoms with Crippen molar-refractivity contribution in [3.8, 4) is 22.8 Å². The van der Waals surface area contributed by atoms with Crippen molar-refractivity contribution in [1.82, 2.24) is 9.78 Å². The number of hydrogen-bond donors (Lipinski definition) is 1. The predicted molar refractivity (Wildman–Crippen MR) is 77.9 cm³/mol. The number of carbonyl (C=O) groups is 1. The molecule has 110 valence electrons. The highest BCUT2D eigenvalue weighted by atomic mass is 16.5. The summed E-state index contributed by atoms with van der Waals surface area (Å²) in [6.07, 6.45) is 1.59. The first-order valence-electron chi connectivity index (χ1n) is 6.25. The monoisotopic (exact) mass is 288 g/mol. The van der Waals surface area contributed by atoms with E-state index >= 15 is 0 Å². The van der Waals surface area contributed by atoms with Crippen LogP contribution in [0, 0.1) is 0 Å². The van der Waals surface area contributed by atoms with Crippen molar-refractivity contribution in [1.29, 1.82) is 0 Å². The van der Waals surface area contributed by atoms with Gasteiger partial charge in [0, 0.05) is 11.6 Å². The van der Waals surface area contributed by atoms with Crippen molar-refractivity contribution in [2.24, 2.45) is 0 Å². The summed E-state index contributed by atoms with van der Waals surface area (Å²) in [5.74, 6) is 0.178. The molecule has 2 rings (SSSR count). The first-order chi connectivity index (χ1) is 10.1. The Morgan fingerprint density at radius 2 is 2.14 bits per heavy atom. The molecule has 0 fully saturated rings. The van der Waals surface area contributed by atoms with Crippen LogP contribution in [0.2, 0.25) is 0 Å². The lowest BCUT2D eigenvalue weighted by Crippen LogP contribution is -2.08. The Balaban J connectivity index is 2.53. The second kappa shape index (κ2) is 6.13. The van der Waals surface area contributed by atoms with Gasteiger partial charge in [-0.25, -0.2) is 4.79 Å². The van der Waals surface area contributed by atoms with E-state index in [4.69, 9.17) is 9.47 Å². The minimum Gasteiger partial charge on any atom is -0.497 e. The molecule has 0 amide bonds. The fraction of sp³-hybridized carbons (Fsp3) is 0.200. The number of benzene rings is 1. The fourth-order valence-electron chi connectivity index (χ4n) is 1.99. The molecule has 0 aliphatic heterocycles. The maximum atomic E-state index is 11.2. The Hall–Kier alpha value is -2.76. The number of aromatic nitrogens is 2. The van der Waals surface area contributed by atoms with Crippen molar-refractivity contribution >= 4 is 5.97 Å². The van der Waals surface area contributed by atoms with Gasteiger partial charge in [-0.1, -0.05) is 6.08 Å². The number of allylic oxidation sites excluding steroid dienone is 1. The molecule has 0 saturated carbocycles. The minimum absolute atomic E-state index is 0.0998. The Bertz CT molecular complexity index is 676. The van der Waals surface area contributed by atoms with Crippen molar-refractivity contribution in [2.75, 3.05) is 14.2 Å². The van der Waals surface area contributed by atoms with Crippen LogP contribution >= 0.6 is 0 Å². The smallest absolute Gasteiger partial charge is 0.354 e. The van der Waals surface area contributed by atoms with Gasteiger partial charge >= 0.3 is 5.97 Å². The zero-order chi connectivity index (χ0) is 15.4. The summed E-state index contributed by atoms with van der Waals surface area (Å²) in [6.45, 7) is 3.92.